The maximum Gasteiger partial charge on any atom is 0.319 e. The third-order valence-corrected chi connectivity index (χ3v) is 7.03. The highest BCUT2D eigenvalue weighted by Gasteiger charge is 2.31. The molecule has 1 N–H and O–H groups in total. The first-order valence-corrected chi connectivity index (χ1v) is 11.7. The predicted molar refractivity (Wildman–Crippen MR) is 118 cm³/mol. The normalized spacial score (nSPS) is 21.8. The van der Waals surface area contributed by atoms with Crippen molar-refractivity contribution in [1.82, 2.24) is 20.0 Å². The van der Waals surface area contributed by atoms with Gasteiger partial charge in [0.15, 0.2) is 0 Å². The first-order chi connectivity index (χ1) is 14.6. The van der Waals surface area contributed by atoms with E-state index in [0.29, 0.717) is 19.6 Å². The first kappa shape index (κ1) is 21.2. The van der Waals surface area contributed by atoms with Crippen molar-refractivity contribution < 1.29 is 9.59 Å². The number of amides is 3. The molecule has 164 valence electrons. The van der Waals surface area contributed by atoms with Gasteiger partial charge in [0.25, 0.3) is 0 Å². The number of rotatable bonds is 5. The first-order valence-electron chi connectivity index (χ1n) is 11.7. The third-order valence-electron chi connectivity index (χ3n) is 7.03. The fraction of sp³-hybridized carbons (Fsp3) is 0.667. The van der Waals surface area contributed by atoms with Gasteiger partial charge in [-0.2, -0.15) is 0 Å². The number of nitrogens with one attached hydrogen (secondary N) is 1. The number of aryl methyl sites for hydroxylation is 1. The Hall–Kier alpha value is -2.08. The lowest BCUT2D eigenvalue weighted by atomic mass is 9.95. The number of benzene rings is 1. The summed E-state index contributed by atoms with van der Waals surface area (Å²) in [4.78, 5) is 31.9. The molecule has 0 bridgehead atoms. The van der Waals surface area contributed by atoms with Gasteiger partial charge >= 0.3 is 6.03 Å². The molecular weight excluding hydrogens is 376 g/mol. The van der Waals surface area contributed by atoms with Gasteiger partial charge in [0.05, 0.1) is 6.04 Å². The zero-order chi connectivity index (χ0) is 20.9. The lowest BCUT2D eigenvalue weighted by Crippen LogP contribution is -2.48. The predicted octanol–water partition coefficient (Wildman–Crippen LogP) is 3.18. The maximum absolute atomic E-state index is 12.9. The van der Waals surface area contributed by atoms with Gasteiger partial charge in [0.1, 0.15) is 0 Å². The van der Waals surface area contributed by atoms with Crippen LogP contribution < -0.4 is 5.32 Å². The van der Waals surface area contributed by atoms with E-state index in [4.69, 9.17) is 0 Å². The molecule has 3 aliphatic heterocycles. The van der Waals surface area contributed by atoms with Gasteiger partial charge in [-0.25, -0.2) is 4.79 Å². The standard InChI is InChI=1S/C24H36N4O2/c1-19-6-8-20(9-7-19)22(26-12-2-3-13-26)18-25-23(29)21-10-16-28(17-11-21)24(30)27-14-4-5-15-27/h6-9,21-22H,2-5,10-18H2,1H3,(H,25,29). The second-order valence-electron chi connectivity index (χ2n) is 9.15. The fourth-order valence-corrected chi connectivity index (χ4v) is 5.08. The second kappa shape index (κ2) is 9.82. The summed E-state index contributed by atoms with van der Waals surface area (Å²) in [6.07, 6.45) is 6.24. The van der Waals surface area contributed by atoms with E-state index in [1.54, 1.807) is 0 Å². The third kappa shape index (κ3) is 4.97. The number of nitrogens with zero attached hydrogens (tertiary/aromatic N) is 3. The molecule has 1 aromatic carbocycles. The molecule has 6 heteroatoms. The molecule has 0 spiro atoms. The Morgan fingerprint density at radius 3 is 2.10 bits per heavy atom. The Bertz CT molecular complexity index is 715. The SMILES string of the molecule is Cc1ccc(C(CNC(=O)C2CCN(C(=O)N3CCCC3)CC2)N2CCCC2)cc1. The fourth-order valence-electron chi connectivity index (χ4n) is 5.08. The van der Waals surface area contributed by atoms with E-state index in [1.807, 2.05) is 9.80 Å². The van der Waals surface area contributed by atoms with Gasteiger partial charge in [-0.15, -0.1) is 0 Å². The monoisotopic (exact) mass is 412 g/mol. The molecule has 30 heavy (non-hydrogen) atoms. The van der Waals surface area contributed by atoms with Gasteiger partial charge in [-0.3, -0.25) is 9.69 Å². The largest absolute Gasteiger partial charge is 0.354 e. The zero-order valence-corrected chi connectivity index (χ0v) is 18.3. The van der Waals surface area contributed by atoms with Crippen molar-refractivity contribution in [2.24, 2.45) is 5.92 Å². The lowest BCUT2D eigenvalue weighted by Gasteiger charge is -2.34. The van der Waals surface area contributed by atoms with Crippen LogP contribution in [-0.2, 0) is 4.79 Å². The number of likely N-dealkylation sites (tertiary alicyclic amines) is 3. The minimum absolute atomic E-state index is 0.0184. The van der Waals surface area contributed by atoms with E-state index in [1.165, 1.54) is 24.0 Å². The number of carbonyl (C=O) groups is 2. The smallest absolute Gasteiger partial charge is 0.319 e. The van der Waals surface area contributed by atoms with Crippen LogP contribution in [0.3, 0.4) is 0 Å². The molecular formula is C24H36N4O2. The molecule has 0 aliphatic carbocycles. The van der Waals surface area contributed by atoms with Crippen LogP contribution in [0.5, 0.6) is 0 Å². The van der Waals surface area contributed by atoms with Crippen LogP contribution >= 0.6 is 0 Å². The van der Waals surface area contributed by atoms with Crippen LogP contribution in [0.25, 0.3) is 0 Å². The summed E-state index contributed by atoms with van der Waals surface area (Å²) in [6, 6.07) is 9.13. The van der Waals surface area contributed by atoms with Gasteiger partial charge < -0.3 is 15.1 Å². The minimum atomic E-state index is 0.0184. The molecule has 1 unspecified atom stereocenters. The number of urea groups is 1. The van der Waals surface area contributed by atoms with Crippen molar-refractivity contribution in [2.45, 2.75) is 51.5 Å². The summed E-state index contributed by atoms with van der Waals surface area (Å²) in [7, 11) is 0. The number of hydrogen-bond donors (Lipinski definition) is 1. The molecule has 3 saturated heterocycles. The molecule has 3 fully saturated rings. The van der Waals surface area contributed by atoms with E-state index >= 15 is 0 Å². The maximum atomic E-state index is 12.9. The second-order valence-corrected chi connectivity index (χ2v) is 9.15. The van der Waals surface area contributed by atoms with E-state index in [0.717, 1.165) is 51.9 Å². The Morgan fingerprint density at radius 2 is 1.47 bits per heavy atom. The number of hydrogen-bond acceptors (Lipinski definition) is 3. The highest BCUT2D eigenvalue weighted by Crippen LogP contribution is 2.26. The van der Waals surface area contributed by atoms with Crippen molar-refractivity contribution in [2.75, 3.05) is 45.8 Å². The minimum Gasteiger partial charge on any atom is -0.354 e. The summed E-state index contributed by atoms with van der Waals surface area (Å²) < 4.78 is 0. The van der Waals surface area contributed by atoms with Crippen LogP contribution in [0.4, 0.5) is 4.79 Å². The van der Waals surface area contributed by atoms with Gasteiger partial charge in [-0.1, -0.05) is 29.8 Å². The molecule has 3 aliphatic rings. The van der Waals surface area contributed by atoms with E-state index in [-0.39, 0.29) is 23.9 Å². The van der Waals surface area contributed by atoms with Gasteiger partial charge in [0.2, 0.25) is 5.91 Å². The average Bonchev–Trinajstić information content (AvgIpc) is 3.49. The Morgan fingerprint density at radius 1 is 0.900 bits per heavy atom. The summed E-state index contributed by atoms with van der Waals surface area (Å²) in [5.74, 6) is 0.171. The Kier molecular flexibility index (Phi) is 6.93. The van der Waals surface area contributed by atoms with Gasteiger partial charge in [-0.05, 0) is 64.1 Å². The molecule has 1 atom stereocenters. The molecule has 4 rings (SSSR count). The van der Waals surface area contributed by atoms with E-state index in [2.05, 4.69) is 41.4 Å². The summed E-state index contributed by atoms with van der Waals surface area (Å²) in [5, 5.41) is 3.25. The molecule has 0 aromatic heterocycles. The van der Waals surface area contributed by atoms with Crippen LogP contribution in [0.15, 0.2) is 24.3 Å². The Labute approximate surface area is 180 Å². The Balaban J connectivity index is 1.29. The highest BCUT2D eigenvalue weighted by atomic mass is 16.2. The zero-order valence-electron chi connectivity index (χ0n) is 18.3. The topological polar surface area (TPSA) is 55.9 Å². The van der Waals surface area contributed by atoms with E-state index in [9.17, 15) is 9.59 Å². The quantitative estimate of drug-likeness (QED) is 0.808. The number of piperidine rings is 1. The lowest BCUT2D eigenvalue weighted by molar-refractivity contribution is -0.126. The molecule has 0 radical (unpaired) electrons. The van der Waals surface area contributed by atoms with Crippen molar-refractivity contribution in [3.05, 3.63) is 35.4 Å². The van der Waals surface area contributed by atoms with Crippen LogP contribution in [-0.4, -0.2) is 72.5 Å². The number of carbonyl (C=O) groups excluding carboxylic acids is 2. The molecule has 3 heterocycles. The molecule has 1 aromatic rings. The van der Waals surface area contributed by atoms with Crippen molar-refractivity contribution >= 4 is 11.9 Å². The van der Waals surface area contributed by atoms with Crippen LogP contribution in [0.1, 0.15) is 55.7 Å². The molecule has 6 nitrogen and oxygen atoms in total. The van der Waals surface area contributed by atoms with Crippen molar-refractivity contribution in [3.8, 4) is 0 Å². The highest BCUT2D eigenvalue weighted by molar-refractivity contribution is 5.79. The van der Waals surface area contributed by atoms with Crippen molar-refractivity contribution in [3.63, 3.8) is 0 Å². The van der Waals surface area contributed by atoms with Gasteiger partial charge in [0, 0.05) is 38.6 Å². The van der Waals surface area contributed by atoms with Crippen molar-refractivity contribution in [1.29, 1.82) is 0 Å². The van der Waals surface area contributed by atoms with E-state index < -0.39 is 0 Å². The molecule has 0 saturated carbocycles. The summed E-state index contributed by atoms with van der Waals surface area (Å²) in [6.45, 7) is 8.14. The average molecular weight is 413 g/mol. The van der Waals surface area contributed by atoms with Crippen LogP contribution in [0, 0.1) is 12.8 Å². The molecule has 3 amide bonds. The summed E-state index contributed by atoms with van der Waals surface area (Å²) in [5.41, 5.74) is 2.55. The summed E-state index contributed by atoms with van der Waals surface area (Å²) >= 11 is 0. The van der Waals surface area contributed by atoms with Crippen LogP contribution in [0.2, 0.25) is 0 Å².